The molecule has 4 nitrogen and oxygen atoms in total. The van der Waals surface area contributed by atoms with Gasteiger partial charge < -0.3 is 11.1 Å². The molecule has 0 aliphatic heterocycles. The van der Waals surface area contributed by atoms with E-state index in [2.05, 4.69) is 27.8 Å². The Bertz CT molecular complexity index is 440. The number of nitrogens with zero attached hydrogens (tertiary/aromatic N) is 2. The van der Waals surface area contributed by atoms with Crippen LogP contribution in [0.2, 0.25) is 0 Å². The highest BCUT2D eigenvalue weighted by Crippen LogP contribution is 2.40. The summed E-state index contributed by atoms with van der Waals surface area (Å²) in [6, 6.07) is 6.52. The van der Waals surface area contributed by atoms with E-state index in [0.717, 1.165) is 32.2 Å². The minimum Gasteiger partial charge on any atom is -0.370 e. The molecule has 0 aromatic carbocycles. The Morgan fingerprint density at radius 2 is 2.44 bits per heavy atom. The summed E-state index contributed by atoms with van der Waals surface area (Å²) in [4.78, 5) is 5.61. The number of hydrogen-bond donors (Lipinski definition) is 2. The lowest BCUT2D eigenvalue weighted by Gasteiger charge is -2.33. The fraction of sp³-hybridized carbons (Fsp3) is 0.538. The first-order chi connectivity index (χ1) is 8.74. The van der Waals surface area contributed by atoms with Crippen molar-refractivity contribution in [2.75, 3.05) is 13.1 Å². The van der Waals surface area contributed by atoms with E-state index < -0.39 is 0 Å². The third-order valence-electron chi connectivity index (χ3n) is 3.36. The Hall–Kier alpha value is -1.54. The molecule has 0 atom stereocenters. The molecule has 0 bridgehead atoms. The lowest BCUT2D eigenvalue weighted by atomic mass is 9.70. The summed E-state index contributed by atoms with van der Waals surface area (Å²) < 4.78 is 0. The fourth-order valence-electron chi connectivity index (χ4n) is 1.97. The Labute approximate surface area is 112 Å². The lowest BCUT2D eigenvalue weighted by molar-refractivity contribution is 0.226. The van der Waals surface area contributed by atoms with Crippen molar-refractivity contribution in [3.8, 4) is 6.07 Å². The maximum absolute atomic E-state index is 9.07. The van der Waals surface area contributed by atoms with Crippen LogP contribution in [0.4, 0.5) is 0 Å². The van der Waals surface area contributed by atoms with E-state index in [9.17, 15) is 0 Å². The van der Waals surface area contributed by atoms with E-state index in [1.165, 1.54) is 4.88 Å². The molecule has 18 heavy (non-hydrogen) atoms. The van der Waals surface area contributed by atoms with Crippen molar-refractivity contribution in [3.05, 3.63) is 22.4 Å². The third kappa shape index (κ3) is 3.23. The van der Waals surface area contributed by atoms with Crippen LogP contribution in [0, 0.1) is 16.7 Å². The molecule has 96 valence electrons. The second-order valence-electron chi connectivity index (χ2n) is 4.70. The van der Waals surface area contributed by atoms with E-state index in [1.807, 2.05) is 6.07 Å². The topological polar surface area (TPSA) is 74.2 Å². The van der Waals surface area contributed by atoms with E-state index in [1.54, 1.807) is 11.3 Å². The largest absolute Gasteiger partial charge is 0.370 e. The van der Waals surface area contributed by atoms with Gasteiger partial charge in [0.1, 0.15) is 0 Å². The predicted octanol–water partition coefficient (Wildman–Crippen LogP) is 1.89. The highest BCUT2D eigenvalue weighted by molar-refractivity contribution is 7.09. The molecule has 1 aliphatic carbocycles. The first kappa shape index (κ1) is 12.9. The van der Waals surface area contributed by atoms with Crippen molar-refractivity contribution in [1.82, 2.24) is 5.32 Å². The Morgan fingerprint density at radius 1 is 1.61 bits per heavy atom. The molecule has 1 aromatic rings. The van der Waals surface area contributed by atoms with Gasteiger partial charge in [0.2, 0.25) is 0 Å². The lowest BCUT2D eigenvalue weighted by Crippen LogP contribution is -2.36. The summed E-state index contributed by atoms with van der Waals surface area (Å²) in [6.45, 7) is 1.32. The zero-order valence-electron chi connectivity index (χ0n) is 10.4. The van der Waals surface area contributed by atoms with Crippen LogP contribution in [-0.4, -0.2) is 19.0 Å². The standard InChI is InChI=1S/C13H18N4S/c14-9-13(5-2-6-13)10-17-12(15)16-7-4-11-3-1-8-18-11/h1,3,8H,2,4-7,10H2,(H3,15,16,17). The Morgan fingerprint density at radius 3 is 3.00 bits per heavy atom. The van der Waals surface area contributed by atoms with Crippen molar-refractivity contribution >= 4 is 17.3 Å². The molecule has 0 spiro atoms. The summed E-state index contributed by atoms with van der Waals surface area (Å²) in [7, 11) is 0. The molecule has 0 unspecified atom stereocenters. The molecule has 1 aliphatic rings. The molecular formula is C13H18N4S. The molecule has 1 heterocycles. The minimum absolute atomic E-state index is 0.236. The van der Waals surface area contributed by atoms with Crippen molar-refractivity contribution in [2.24, 2.45) is 16.1 Å². The molecule has 0 amide bonds. The highest BCUT2D eigenvalue weighted by Gasteiger charge is 2.36. The van der Waals surface area contributed by atoms with Gasteiger partial charge in [0, 0.05) is 11.4 Å². The number of rotatable bonds is 5. The summed E-state index contributed by atoms with van der Waals surface area (Å²) in [5, 5.41) is 14.2. The van der Waals surface area contributed by atoms with E-state index in [-0.39, 0.29) is 5.41 Å². The van der Waals surface area contributed by atoms with Gasteiger partial charge in [-0.15, -0.1) is 11.3 Å². The zero-order valence-corrected chi connectivity index (χ0v) is 11.2. The third-order valence-corrected chi connectivity index (χ3v) is 4.29. The minimum atomic E-state index is -0.236. The number of thiophene rings is 1. The van der Waals surface area contributed by atoms with E-state index in [0.29, 0.717) is 12.5 Å². The zero-order chi connectivity index (χ0) is 12.8. The number of aliphatic imine (C=N–C) groups is 1. The second kappa shape index (κ2) is 5.87. The molecule has 0 saturated heterocycles. The molecular weight excluding hydrogens is 244 g/mol. The van der Waals surface area contributed by atoms with Crippen LogP contribution >= 0.6 is 11.3 Å². The van der Waals surface area contributed by atoms with E-state index in [4.69, 9.17) is 11.0 Å². The van der Waals surface area contributed by atoms with Crippen molar-refractivity contribution in [2.45, 2.75) is 25.7 Å². The van der Waals surface area contributed by atoms with Gasteiger partial charge in [0.25, 0.3) is 0 Å². The van der Waals surface area contributed by atoms with Crippen LogP contribution in [0.5, 0.6) is 0 Å². The summed E-state index contributed by atoms with van der Waals surface area (Å²) in [5.74, 6) is 0.452. The van der Waals surface area contributed by atoms with Crippen LogP contribution < -0.4 is 11.1 Å². The molecule has 0 radical (unpaired) electrons. The average Bonchev–Trinajstić information content (AvgIpc) is 2.81. The number of nitrogens with one attached hydrogen (secondary N) is 1. The van der Waals surface area contributed by atoms with Gasteiger partial charge in [-0.2, -0.15) is 5.26 Å². The number of nitriles is 1. The van der Waals surface area contributed by atoms with Crippen LogP contribution in [0.25, 0.3) is 0 Å². The highest BCUT2D eigenvalue weighted by atomic mass is 32.1. The molecule has 1 aromatic heterocycles. The number of hydrogen-bond acceptors (Lipinski definition) is 3. The van der Waals surface area contributed by atoms with Gasteiger partial charge in [0.05, 0.1) is 18.0 Å². The fourth-order valence-corrected chi connectivity index (χ4v) is 2.68. The van der Waals surface area contributed by atoms with Crippen molar-refractivity contribution < 1.29 is 0 Å². The van der Waals surface area contributed by atoms with Gasteiger partial charge >= 0.3 is 0 Å². The maximum Gasteiger partial charge on any atom is 0.188 e. The SMILES string of the molecule is N#CC1(CN=C(N)NCCc2cccs2)CCC1. The van der Waals surface area contributed by atoms with Gasteiger partial charge in [-0.1, -0.05) is 12.5 Å². The smallest absolute Gasteiger partial charge is 0.188 e. The summed E-state index contributed by atoms with van der Waals surface area (Å²) in [6.07, 6.45) is 4.00. The quantitative estimate of drug-likeness (QED) is 0.628. The van der Waals surface area contributed by atoms with E-state index >= 15 is 0 Å². The first-order valence-electron chi connectivity index (χ1n) is 6.22. The first-order valence-corrected chi connectivity index (χ1v) is 7.09. The van der Waals surface area contributed by atoms with Crippen LogP contribution in [0.3, 0.4) is 0 Å². The average molecular weight is 262 g/mol. The van der Waals surface area contributed by atoms with Crippen molar-refractivity contribution in [1.29, 1.82) is 5.26 Å². The van der Waals surface area contributed by atoms with Gasteiger partial charge in [-0.25, -0.2) is 0 Å². The molecule has 1 fully saturated rings. The van der Waals surface area contributed by atoms with Crippen LogP contribution in [0.15, 0.2) is 22.5 Å². The molecule has 1 saturated carbocycles. The van der Waals surface area contributed by atoms with Crippen molar-refractivity contribution in [3.63, 3.8) is 0 Å². The van der Waals surface area contributed by atoms with Gasteiger partial charge in [0.15, 0.2) is 5.96 Å². The van der Waals surface area contributed by atoms with Gasteiger partial charge in [-0.3, -0.25) is 4.99 Å². The number of nitrogens with two attached hydrogens (primary N) is 1. The Kier molecular flexibility index (Phi) is 4.21. The monoisotopic (exact) mass is 262 g/mol. The normalized spacial score (nSPS) is 17.8. The maximum atomic E-state index is 9.07. The summed E-state index contributed by atoms with van der Waals surface area (Å²) >= 11 is 1.74. The second-order valence-corrected chi connectivity index (χ2v) is 5.74. The van der Waals surface area contributed by atoms with Crippen LogP contribution in [0.1, 0.15) is 24.1 Å². The predicted molar refractivity (Wildman–Crippen MR) is 74.4 cm³/mol. The molecule has 3 N–H and O–H groups in total. The summed E-state index contributed by atoms with van der Waals surface area (Å²) in [5.41, 5.74) is 5.55. The molecule has 5 heteroatoms. The molecule has 2 rings (SSSR count). The van der Waals surface area contributed by atoms with Crippen LogP contribution in [-0.2, 0) is 6.42 Å². The Balaban J connectivity index is 1.71. The van der Waals surface area contributed by atoms with Gasteiger partial charge in [-0.05, 0) is 30.7 Å². The number of guanidine groups is 1.